The molecule has 1 amide bonds. The summed E-state index contributed by atoms with van der Waals surface area (Å²) in [4.78, 5) is 20.0. The number of likely N-dealkylation sites (tertiary alicyclic amines) is 1. The third-order valence-electron chi connectivity index (χ3n) is 6.35. The number of hydrogen-bond acceptors (Lipinski definition) is 4. The van der Waals surface area contributed by atoms with Crippen molar-refractivity contribution in [3.8, 4) is 0 Å². The molecule has 6 heteroatoms. The highest BCUT2D eigenvalue weighted by Crippen LogP contribution is 2.31. The van der Waals surface area contributed by atoms with E-state index in [0.29, 0.717) is 12.3 Å². The summed E-state index contributed by atoms with van der Waals surface area (Å²) in [6, 6.07) is 2.09. The minimum absolute atomic E-state index is 0.175. The van der Waals surface area contributed by atoms with Crippen molar-refractivity contribution >= 4 is 5.91 Å². The molecule has 2 aliphatic rings. The first-order chi connectivity index (χ1) is 12.4. The van der Waals surface area contributed by atoms with Crippen LogP contribution in [-0.2, 0) is 11.3 Å². The van der Waals surface area contributed by atoms with Crippen LogP contribution in [0.1, 0.15) is 43.5 Å². The van der Waals surface area contributed by atoms with Crippen molar-refractivity contribution in [3.63, 3.8) is 0 Å². The van der Waals surface area contributed by atoms with Crippen molar-refractivity contribution in [1.29, 1.82) is 0 Å². The van der Waals surface area contributed by atoms with Gasteiger partial charge in [-0.3, -0.25) is 14.4 Å². The van der Waals surface area contributed by atoms with Crippen LogP contribution in [0, 0.1) is 13.8 Å². The third-order valence-corrected chi connectivity index (χ3v) is 6.35. The lowest BCUT2D eigenvalue weighted by Gasteiger charge is -2.47. The quantitative estimate of drug-likeness (QED) is 0.822. The summed E-state index contributed by atoms with van der Waals surface area (Å²) in [5, 5.41) is 4.50. The van der Waals surface area contributed by atoms with Crippen LogP contribution in [0.15, 0.2) is 6.07 Å². The Morgan fingerprint density at radius 2 is 1.88 bits per heavy atom. The molecule has 0 saturated carbocycles. The molecule has 2 saturated heterocycles. The Labute approximate surface area is 158 Å². The first-order valence-corrected chi connectivity index (χ1v) is 10.1. The summed E-state index contributed by atoms with van der Waals surface area (Å²) in [6.45, 7) is 10.1. The SMILES string of the molecule is Cc1cc(C)n(CCCC(=O)N2CCCN(C)C3(CCN(C)CC3)C2)n1. The van der Waals surface area contributed by atoms with Crippen LogP contribution in [0.4, 0.5) is 0 Å². The average molecular weight is 362 g/mol. The molecular formula is C20H35N5O. The maximum Gasteiger partial charge on any atom is 0.222 e. The number of hydrogen-bond donors (Lipinski definition) is 0. The molecule has 2 fully saturated rings. The van der Waals surface area contributed by atoms with Gasteiger partial charge in [-0.05, 0) is 72.8 Å². The molecular weight excluding hydrogens is 326 g/mol. The van der Waals surface area contributed by atoms with E-state index in [4.69, 9.17) is 0 Å². The second kappa shape index (κ2) is 8.09. The van der Waals surface area contributed by atoms with Crippen LogP contribution in [0.25, 0.3) is 0 Å². The third kappa shape index (κ3) is 4.29. The minimum Gasteiger partial charge on any atom is -0.341 e. The first-order valence-electron chi connectivity index (χ1n) is 10.1. The van der Waals surface area contributed by atoms with E-state index in [2.05, 4.69) is 46.9 Å². The summed E-state index contributed by atoms with van der Waals surface area (Å²) < 4.78 is 2.03. The van der Waals surface area contributed by atoms with Crippen LogP contribution in [-0.4, -0.2) is 82.7 Å². The molecule has 6 nitrogen and oxygen atoms in total. The number of carbonyl (C=O) groups excluding carboxylic acids is 1. The van der Waals surface area contributed by atoms with E-state index >= 15 is 0 Å². The van der Waals surface area contributed by atoms with Gasteiger partial charge in [-0.2, -0.15) is 5.10 Å². The minimum atomic E-state index is 0.175. The number of amides is 1. The molecule has 0 radical (unpaired) electrons. The van der Waals surface area contributed by atoms with Crippen molar-refractivity contribution in [3.05, 3.63) is 17.5 Å². The summed E-state index contributed by atoms with van der Waals surface area (Å²) in [5.41, 5.74) is 2.40. The predicted molar refractivity (Wildman–Crippen MR) is 104 cm³/mol. The maximum absolute atomic E-state index is 12.9. The molecule has 146 valence electrons. The Morgan fingerprint density at radius 3 is 2.54 bits per heavy atom. The zero-order chi connectivity index (χ0) is 18.7. The monoisotopic (exact) mass is 361 g/mol. The highest BCUT2D eigenvalue weighted by molar-refractivity contribution is 5.76. The molecule has 0 bridgehead atoms. The zero-order valence-electron chi connectivity index (χ0n) is 17.0. The van der Waals surface area contributed by atoms with Gasteiger partial charge in [0.05, 0.1) is 5.69 Å². The van der Waals surface area contributed by atoms with Crippen LogP contribution in [0.2, 0.25) is 0 Å². The number of likely N-dealkylation sites (N-methyl/N-ethyl adjacent to an activating group) is 1. The summed E-state index contributed by atoms with van der Waals surface area (Å²) in [7, 11) is 4.45. The van der Waals surface area contributed by atoms with E-state index in [0.717, 1.165) is 70.6 Å². The van der Waals surface area contributed by atoms with Crippen molar-refractivity contribution in [1.82, 2.24) is 24.5 Å². The predicted octanol–water partition coefficient (Wildman–Crippen LogP) is 1.91. The fourth-order valence-corrected chi connectivity index (χ4v) is 4.52. The van der Waals surface area contributed by atoms with Crippen molar-refractivity contribution in [2.75, 3.05) is 46.8 Å². The average Bonchev–Trinajstić information content (AvgIpc) is 2.83. The van der Waals surface area contributed by atoms with Crippen LogP contribution >= 0.6 is 0 Å². The van der Waals surface area contributed by atoms with Crippen LogP contribution < -0.4 is 0 Å². The molecule has 0 atom stereocenters. The zero-order valence-corrected chi connectivity index (χ0v) is 17.0. The highest BCUT2D eigenvalue weighted by atomic mass is 16.2. The second-order valence-electron chi connectivity index (χ2n) is 8.37. The fourth-order valence-electron chi connectivity index (χ4n) is 4.52. The molecule has 0 aliphatic carbocycles. The largest absolute Gasteiger partial charge is 0.341 e. The molecule has 0 unspecified atom stereocenters. The second-order valence-corrected chi connectivity index (χ2v) is 8.37. The van der Waals surface area contributed by atoms with Crippen molar-refractivity contribution < 1.29 is 4.79 Å². The summed E-state index contributed by atoms with van der Waals surface area (Å²) in [5.74, 6) is 0.320. The molecule has 0 N–H and O–H groups in total. The van der Waals surface area contributed by atoms with Gasteiger partial charge in [0.2, 0.25) is 5.91 Å². The number of aromatic nitrogens is 2. The molecule has 2 aliphatic heterocycles. The topological polar surface area (TPSA) is 44.6 Å². The van der Waals surface area contributed by atoms with E-state index in [-0.39, 0.29) is 5.54 Å². The molecule has 3 heterocycles. The van der Waals surface area contributed by atoms with Gasteiger partial charge >= 0.3 is 0 Å². The highest BCUT2D eigenvalue weighted by Gasteiger charge is 2.41. The van der Waals surface area contributed by atoms with E-state index < -0.39 is 0 Å². The number of carbonyl (C=O) groups is 1. The van der Waals surface area contributed by atoms with Crippen molar-refractivity contribution in [2.45, 2.75) is 58.0 Å². The van der Waals surface area contributed by atoms with Gasteiger partial charge in [-0.1, -0.05) is 0 Å². The van der Waals surface area contributed by atoms with Crippen LogP contribution in [0.3, 0.4) is 0 Å². The smallest absolute Gasteiger partial charge is 0.222 e. The van der Waals surface area contributed by atoms with E-state index in [1.807, 2.05) is 11.6 Å². The van der Waals surface area contributed by atoms with Crippen LogP contribution in [0.5, 0.6) is 0 Å². The summed E-state index contributed by atoms with van der Waals surface area (Å²) >= 11 is 0. The van der Waals surface area contributed by atoms with E-state index in [1.54, 1.807) is 0 Å². The molecule has 3 rings (SSSR count). The Bertz CT molecular complexity index is 618. The number of piperidine rings is 1. The number of aryl methyl sites for hydroxylation is 3. The van der Waals surface area contributed by atoms with E-state index in [1.165, 1.54) is 5.69 Å². The standard InChI is InChI=1S/C20H35N5O/c1-17-15-18(2)25(21-17)12-5-7-19(26)24-11-6-10-23(4)20(16-24)8-13-22(3)14-9-20/h15H,5-14,16H2,1-4H3. The van der Waals surface area contributed by atoms with E-state index in [9.17, 15) is 4.79 Å². The molecule has 1 aromatic rings. The molecule has 1 aromatic heterocycles. The van der Waals surface area contributed by atoms with Gasteiger partial charge in [-0.25, -0.2) is 0 Å². The summed E-state index contributed by atoms with van der Waals surface area (Å²) in [6.07, 6.45) is 4.89. The van der Waals surface area contributed by atoms with Gasteiger partial charge < -0.3 is 9.80 Å². The van der Waals surface area contributed by atoms with Gasteiger partial charge in [0.1, 0.15) is 0 Å². The molecule has 1 spiro atoms. The normalized spacial score (nSPS) is 21.9. The Morgan fingerprint density at radius 1 is 1.15 bits per heavy atom. The van der Waals surface area contributed by atoms with Gasteiger partial charge in [0, 0.05) is 43.8 Å². The lowest BCUT2D eigenvalue weighted by Crippen LogP contribution is -2.58. The number of nitrogens with zero attached hydrogens (tertiary/aromatic N) is 5. The lowest BCUT2D eigenvalue weighted by molar-refractivity contribution is -0.133. The Kier molecular flexibility index (Phi) is 6.03. The lowest BCUT2D eigenvalue weighted by atomic mass is 9.85. The maximum atomic E-state index is 12.9. The first kappa shape index (κ1) is 19.4. The van der Waals surface area contributed by atoms with Gasteiger partial charge in [0.15, 0.2) is 0 Å². The van der Waals surface area contributed by atoms with Gasteiger partial charge in [-0.15, -0.1) is 0 Å². The molecule has 26 heavy (non-hydrogen) atoms. The fraction of sp³-hybridized carbons (Fsp3) is 0.800. The number of rotatable bonds is 4. The van der Waals surface area contributed by atoms with Gasteiger partial charge in [0.25, 0.3) is 0 Å². The Hall–Kier alpha value is -1.40. The van der Waals surface area contributed by atoms with Crippen molar-refractivity contribution in [2.24, 2.45) is 0 Å². The molecule has 0 aromatic carbocycles. The Balaban J connectivity index is 1.57.